The van der Waals surface area contributed by atoms with Crippen LogP contribution in [0.1, 0.15) is 31.9 Å². The van der Waals surface area contributed by atoms with Crippen molar-refractivity contribution in [2.24, 2.45) is 0 Å². The van der Waals surface area contributed by atoms with E-state index in [1.54, 1.807) is 10.9 Å². The number of benzene rings is 1. The van der Waals surface area contributed by atoms with Crippen LogP contribution in [0.25, 0.3) is 0 Å². The number of carbonyl (C=O) groups is 2. The van der Waals surface area contributed by atoms with Gasteiger partial charge in [-0.1, -0.05) is 0 Å². The van der Waals surface area contributed by atoms with Crippen LogP contribution in [0.2, 0.25) is 0 Å². The number of amides is 2. The van der Waals surface area contributed by atoms with Crippen LogP contribution >= 0.6 is 0 Å². The summed E-state index contributed by atoms with van der Waals surface area (Å²) in [5.41, 5.74) is 0.649. The Labute approximate surface area is 159 Å². The summed E-state index contributed by atoms with van der Waals surface area (Å²) in [4.78, 5) is 25.8. The average Bonchev–Trinajstić information content (AvgIpc) is 3.19. The number of hydrogen-bond donors (Lipinski definition) is 2. The van der Waals surface area contributed by atoms with E-state index in [1.165, 1.54) is 11.1 Å². The Kier molecular flexibility index (Phi) is 5.32. The molecule has 0 bridgehead atoms. The molecular formula is C18H20F2N4O4. The molecule has 2 amide bonds. The first-order valence-electron chi connectivity index (χ1n) is 8.68. The van der Waals surface area contributed by atoms with E-state index in [-0.39, 0.29) is 31.1 Å². The van der Waals surface area contributed by atoms with Crippen LogP contribution in [-0.4, -0.2) is 39.2 Å². The van der Waals surface area contributed by atoms with Crippen LogP contribution in [0.3, 0.4) is 0 Å². The number of nitrogens with one attached hydrogen (secondary N) is 1. The van der Waals surface area contributed by atoms with E-state index in [0.29, 0.717) is 11.8 Å². The standard InChI is InChI=1S/C18H20F2N4O4/c1-11(2)24-10-15(9-22-24)23-4-3-18(27,16(23)25)28-17(26)21-8-12-5-13(19)7-14(20)6-12/h5-7,9-11,27H,3-4,8H2,1-2H3,(H,21,26)/t18-/m1/s1. The first-order chi connectivity index (χ1) is 13.2. The topological polar surface area (TPSA) is 96.7 Å². The molecule has 0 aliphatic carbocycles. The van der Waals surface area contributed by atoms with Gasteiger partial charge in [0.2, 0.25) is 0 Å². The molecule has 1 saturated heterocycles. The van der Waals surface area contributed by atoms with E-state index >= 15 is 0 Å². The van der Waals surface area contributed by atoms with Gasteiger partial charge in [0.1, 0.15) is 11.6 Å². The lowest BCUT2D eigenvalue weighted by molar-refractivity contribution is -0.175. The minimum atomic E-state index is -2.32. The van der Waals surface area contributed by atoms with Crippen molar-refractivity contribution in [3.05, 3.63) is 47.8 Å². The van der Waals surface area contributed by atoms with Crippen molar-refractivity contribution in [1.29, 1.82) is 0 Å². The zero-order valence-electron chi connectivity index (χ0n) is 15.4. The Balaban J connectivity index is 1.61. The largest absolute Gasteiger partial charge is 0.410 e. The Morgan fingerprint density at radius 2 is 2.04 bits per heavy atom. The molecule has 1 fully saturated rings. The van der Waals surface area contributed by atoms with E-state index in [2.05, 4.69) is 10.4 Å². The van der Waals surface area contributed by atoms with Gasteiger partial charge in [0.25, 0.3) is 11.7 Å². The van der Waals surface area contributed by atoms with E-state index < -0.39 is 29.4 Å². The van der Waals surface area contributed by atoms with E-state index in [1.807, 2.05) is 13.8 Å². The number of rotatable bonds is 5. The highest BCUT2D eigenvalue weighted by Gasteiger charge is 2.50. The quantitative estimate of drug-likeness (QED) is 0.757. The van der Waals surface area contributed by atoms with Gasteiger partial charge in [0.15, 0.2) is 0 Å². The lowest BCUT2D eigenvalue weighted by Gasteiger charge is -2.22. The highest BCUT2D eigenvalue weighted by atomic mass is 19.1. The summed E-state index contributed by atoms with van der Waals surface area (Å²) in [6.45, 7) is 3.76. The summed E-state index contributed by atoms with van der Waals surface area (Å²) in [5, 5.41) is 16.8. The molecule has 150 valence electrons. The molecule has 1 aliphatic rings. The monoisotopic (exact) mass is 394 g/mol. The van der Waals surface area contributed by atoms with Crippen LogP contribution in [0.4, 0.5) is 19.3 Å². The number of carbonyl (C=O) groups excluding carboxylic acids is 2. The number of hydrogen-bond acceptors (Lipinski definition) is 5. The minimum absolute atomic E-state index is 0.0972. The van der Waals surface area contributed by atoms with Gasteiger partial charge in [-0.2, -0.15) is 5.10 Å². The normalized spacial score (nSPS) is 19.4. The number of anilines is 1. The number of aromatic nitrogens is 2. The molecule has 0 spiro atoms. The summed E-state index contributed by atoms with van der Waals surface area (Å²) in [7, 11) is 0. The molecule has 1 aliphatic heterocycles. The van der Waals surface area contributed by atoms with E-state index in [4.69, 9.17) is 4.74 Å². The number of nitrogens with zero attached hydrogens (tertiary/aromatic N) is 3. The second-order valence-electron chi connectivity index (χ2n) is 6.78. The molecule has 0 saturated carbocycles. The highest BCUT2D eigenvalue weighted by Crippen LogP contribution is 2.29. The maximum absolute atomic E-state index is 13.2. The smallest absolute Gasteiger partial charge is 0.407 e. The predicted octanol–water partition coefficient (Wildman–Crippen LogP) is 2.09. The SMILES string of the molecule is CC(C)n1cc(N2CC[C@@](O)(OC(=O)NCc3cc(F)cc(F)c3)C2=O)cn1. The van der Waals surface area contributed by atoms with Gasteiger partial charge in [-0.05, 0) is 31.5 Å². The minimum Gasteiger partial charge on any atom is -0.407 e. The third kappa shape index (κ3) is 4.11. The molecule has 10 heteroatoms. The zero-order chi connectivity index (χ0) is 20.5. The third-order valence-corrected chi connectivity index (χ3v) is 4.30. The Hall–Kier alpha value is -3.01. The summed E-state index contributed by atoms with van der Waals surface area (Å²) < 4.78 is 32.9. The molecule has 3 rings (SSSR count). The van der Waals surface area contributed by atoms with Crippen LogP contribution in [0, 0.1) is 11.6 Å². The van der Waals surface area contributed by atoms with Crippen molar-refractivity contribution >= 4 is 17.7 Å². The Morgan fingerprint density at radius 3 is 2.64 bits per heavy atom. The highest BCUT2D eigenvalue weighted by molar-refractivity contribution is 6.01. The first-order valence-corrected chi connectivity index (χ1v) is 8.68. The number of halogens is 2. The van der Waals surface area contributed by atoms with Gasteiger partial charge in [0, 0.05) is 37.8 Å². The third-order valence-electron chi connectivity index (χ3n) is 4.30. The van der Waals surface area contributed by atoms with Gasteiger partial charge in [-0.15, -0.1) is 0 Å². The maximum Gasteiger partial charge on any atom is 0.410 e. The molecule has 2 N–H and O–H groups in total. The summed E-state index contributed by atoms with van der Waals surface area (Å²) >= 11 is 0. The van der Waals surface area contributed by atoms with Crippen molar-refractivity contribution in [3.8, 4) is 0 Å². The molecule has 0 unspecified atom stereocenters. The van der Waals surface area contributed by atoms with Crippen LogP contribution in [0.5, 0.6) is 0 Å². The van der Waals surface area contributed by atoms with Crippen LogP contribution in [0.15, 0.2) is 30.6 Å². The maximum atomic E-state index is 13.2. The predicted molar refractivity (Wildman–Crippen MR) is 94.2 cm³/mol. The fourth-order valence-corrected chi connectivity index (χ4v) is 2.85. The second-order valence-corrected chi connectivity index (χ2v) is 6.78. The summed E-state index contributed by atoms with van der Waals surface area (Å²) in [6.07, 6.45) is 1.94. The summed E-state index contributed by atoms with van der Waals surface area (Å²) in [5.74, 6) is -4.68. The van der Waals surface area contributed by atoms with E-state index in [0.717, 1.165) is 12.1 Å². The van der Waals surface area contributed by atoms with Crippen molar-refractivity contribution < 1.29 is 28.2 Å². The van der Waals surface area contributed by atoms with E-state index in [9.17, 15) is 23.5 Å². The van der Waals surface area contributed by atoms with Crippen molar-refractivity contribution in [2.45, 2.75) is 38.6 Å². The molecule has 0 radical (unpaired) electrons. The molecule has 1 atom stereocenters. The number of ether oxygens (including phenoxy) is 1. The van der Waals surface area contributed by atoms with Crippen molar-refractivity contribution in [2.75, 3.05) is 11.4 Å². The van der Waals surface area contributed by atoms with Crippen molar-refractivity contribution in [1.82, 2.24) is 15.1 Å². The van der Waals surface area contributed by atoms with Gasteiger partial charge in [0.05, 0.1) is 11.9 Å². The lowest BCUT2D eigenvalue weighted by atomic mass is 10.2. The van der Waals surface area contributed by atoms with Gasteiger partial charge in [-0.25, -0.2) is 13.6 Å². The molecule has 1 aromatic heterocycles. The first kappa shape index (κ1) is 19.7. The zero-order valence-corrected chi connectivity index (χ0v) is 15.4. The fourth-order valence-electron chi connectivity index (χ4n) is 2.85. The second kappa shape index (κ2) is 7.55. The summed E-state index contributed by atoms with van der Waals surface area (Å²) in [6, 6.07) is 2.90. The van der Waals surface area contributed by atoms with Gasteiger partial charge in [-0.3, -0.25) is 9.48 Å². The Morgan fingerprint density at radius 1 is 1.36 bits per heavy atom. The lowest BCUT2D eigenvalue weighted by Crippen LogP contribution is -2.46. The van der Waals surface area contributed by atoms with Crippen LogP contribution < -0.4 is 10.2 Å². The number of aliphatic hydroxyl groups is 1. The number of alkyl carbamates (subject to hydrolysis) is 1. The molecular weight excluding hydrogens is 374 g/mol. The van der Waals surface area contributed by atoms with Gasteiger partial charge >= 0.3 is 6.09 Å². The molecule has 8 nitrogen and oxygen atoms in total. The Bertz CT molecular complexity index is 881. The van der Waals surface area contributed by atoms with Crippen LogP contribution in [-0.2, 0) is 16.1 Å². The molecule has 1 aromatic carbocycles. The molecule has 2 aromatic rings. The molecule has 28 heavy (non-hydrogen) atoms. The molecule has 2 heterocycles. The fraction of sp³-hybridized carbons (Fsp3) is 0.389. The van der Waals surface area contributed by atoms with Gasteiger partial charge < -0.3 is 20.1 Å². The van der Waals surface area contributed by atoms with Crippen molar-refractivity contribution in [3.63, 3.8) is 0 Å². The average molecular weight is 394 g/mol.